The van der Waals surface area contributed by atoms with Crippen molar-refractivity contribution in [1.29, 1.82) is 0 Å². The zero-order chi connectivity index (χ0) is 17.6. The summed E-state index contributed by atoms with van der Waals surface area (Å²) in [5.74, 6) is -0.0428. The maximum absolute atomic E-state index is 12.8. The number of hydrogen-bond donors (Lipinski definition) is 1. The van der Waals surface area contributed by atoms with Crippen molar-refractivity contribution in [2.45, 2.75) is 19.5 Å². The van der Waals surface area contributed by atoms with Crippen LogP contribution in [0, 0.1) is 5.92 Å². The predicted molar refractivity (Wildman–Crippen MR) is 101 cm³/mol. The summed E-state index contributed by atoms with van der Waals surface area (Å²) in [7, 11) is 0. The van der Waals surface area contributed by atoms with Crippen LogP contribution in [0.4, 0.5) is 0 Å². The Morgan fingerprint density at radius 3 is 2.12 bits per heavy atom. The van der Waals surface area contributed by atoms with E-state index in [0.29, 0.717) is 0 Å². The van der Waals surface area contributed by atoms with Gasteiger partial charge >= 0.3 is 0 Å². The second kappa shape index (κ2) is 8.28. The highest BCUT2D eigenvalue weighted by molar-refractivity contribution is 5.79. The molecule has 132 valence electrons. The van der Waals surface area contributed by atoms with Crippen molar-refractivity contribution in [1.82, 2.24) is 9.80 Å². The lowest BCUT2D eigenvalue weighted by Gasteiger charge is -2.36. The molecule has 1 saturated heterocycles. The van der Waals surface area contributed by atoms with Crippen LogP contribution in [-0.4, -0.2) is 41.9 Å². The summed E-state index contributed by atoms with van der Waals surface area (Å²) in [5.41, 5.74) is 8.66. The molecule has 2 aromatic carbocycles. The lowest BCUT2D eigenvalue weighted by molar-refractivity contribution is -0.137. The third-order valence-electron chi connectivity index (χ3n) is 5.05. The lowest BCUT2D eigenvalue weighted by atomic mass is 9.94. The van der Waals surface area contributed by atoms with Crippen LogP contribution < -0.4 is 5.73 Å². The maximum Gasteiger partial charge on any atom is 0.227 e. The second-order valence-electron chi connectivity index (χ2n) is 6.81. The van der Waals surface area contributed by atoms with Crippen LogP contribution in [0.15, 0.2) is 60.7 Å². The minimum atomic E-state index is -0.254. The molecule has 0 radical (unpaired) electrons. The van der Waals surface area contributed by atoms with Gasteiger partial charge in [-0.25, -0.2) is 0 Å². The van der Waals surface area contributed by atoms with Gasteiger partial charge in [0.2, 0.25) is 5.91 Å². The molecule has 1 aliphatic heterocycles. The first kappa shape index (κ1) is 17.6. The molecule has 2 aromatic rings. The van der Waals surface area contributed by atoms with E-state index in [-0.39, 0.29) is 17.9 Å². The van der Waals surface area contributed by atoms with Crippen molar-refractivity contribution in [3.63, 3.8) is 0 Å². The standard InChI is InChI=1S/C21H27N3O/c1-17(20(22)19-10-6-3-7-11-19)21(25)24-14-12-23(13-15-24)16-18-8-4-2-5-9-18/h2-11,17,20H,12-16,22H2,1H3. The molecular weight excluding hydrogens is 310 g/mol. The molecule has 4 nitrogen and oxygen atoms in total. The molecule has 25 heavy (non-hydrogen) atoms. The number of benzene rings is 2. The van der Waals surface area contributed by atoms with E-state index in [1.54, 1.807) is 0 Å². The Bertz CT molecular complexity index is 666. The summed E-state index contributed by atoms with van der Waals surface area (Å²) in [6.07, 6.45) is 0. The first-order chi connectivity index (χ1) is 12.1. The minimum absolute atomic E-state index is 0.163. The number of nitrogens with two attached hydrogens (primary N) is 1. The summed E-state index contributed by atoms with van der Waals surface area (Å²) in [6.45, 7) is 6.26. The molecule has 0 spiro atoms. The van der Waals surface area contributed by atoms with Gasteiger partial charge in [-0.15, -0.1) is 0 Å². The van der Waals surface area contributed by atoms with Gasteiger partial charge in [0.25, 0.3) is 0 Å². The third-order valence-corrected chi connectivity index (χ3v) is 5.05. The van der Waals surface area contributed by atoms with E-state index < -0.39 is 0 Å². The van der Waals surface area contributed by atoms with Crippen LogP contribution >= 0.6 is 0 Å². The third kappa shape index (κ3) is 4.47. The van der Waals surface area contributed by atoms with Crippen molar-refractivity contribution < 1.29 is 4.79 Å². The highest BCUT2D eigenvalue weighted by atomic mass is 16.2. The van der Waals surface area contributed by atoms with Gasteiger partial charge < -0.3 is 10.6 Å². The van der Waals surface area contributed by atoms with Gasteiger partial charge in [-0.1, -0.05) is 67.6 Å². The molecule has 0 saturated carbocycles. The van der Waals surface area contributed by atoms with Gasteiger partial charge in [-0.2, -0.15) is 0 Å². The minimum Gasteiger partial charge on any atom is -0.340 e. The Kier molecular flexibility index (Phi) is 5.84. The molecule has 0 aliphatic carbocycles. The number of piperazine rings is 1. The fraction of sp³-hybridized carbons (Fsp3) is 0.381. The highest BCUT2D eigenvalue weighted by Crippen LogP contribution is 2.22. The molecule has 1 heterocycles. The van der Waals surface area contributed by atoms with Gasteiger partial charge in [0, 0.05) is 38.8 Å². The normalized spacial score (nSPS) is 17.9. The maximum atomic E-state index is 12.8. The van der Waals surface area contributed by atoms with Crippen LogP contribution in [-0.2, 0) is 11.3 Å². The molecule has 1 aliphatic rings. The number of carbonyl (C=O) groups excluding carboxylic acids is 1. The van der Waals surface area contributed by atoms with E-state index in [2.05, 4.69) is 29.2 Å². The van der Waals surface area contributed by atoms with E-state index in [0.717, 1.165) is 38.3 Å². The zero-order valence-corrected chi connectivity index (χ0v) is 14.8. The van der Waals surface area contributed by atoms with Crippen molar-refractivity contribution in [3.05, 3.63) is 71.8 Å². The Morgan fingerprint density at radius 2 is 1.52 bits per heavy atom. The molecule has 2 atom stereocenters. The molecule has 0 aromatic heterocycles. The van der Waals surface area contributed by atoms with Crippen LogP contribution in [0.1, 0.15) is 24.1 Å². The van der Waals surface area contributed by atoms with Gasteiger partial charge in [-0.05, 0) is 11.1 Å². The van der Waals surface area contributed by atoms with Crippen molar-refractivity contribution in [3.8, 4) is 0 Å². The Morgan fingerprint density at radius 1 is 0.960 bits per heavy atom. The summed E-state index contributed by atoms with van der Waals surface area (Å²) >= 11 is 0. The van der Waals surface area contributed by atoms with E-state index in [1.165, 1.54) is 5.56 Å². The van der Waals surface area contributed by atoms with E-state index >= 15 is 0 Å². The number of hydrogen-bond acceptors (Lipinski definition) is 3. The van der Waals surface area contributed by atoms with Crippen molar-refractivity contribution in [2.75, 3.05) is 26.2 Å². The van der Waals surface area contributed by atoms with Crippen molar-refractivity contribution >= 4 is 5.91 Å². The summed E-state index contributed by atoms with van der Waals surface area (Å²) in [5, 5.41) is 0. The van der Waals surface area contributed by atoms with Gasteiger partial charge in [0.05, 0.1) is 5.92 Å². The topological polar surface area (TPSA) is 49.6 Å². The molecular formula is C21H27N3O. The Hall–Kier alpha value is -2.17. The monoisotopic (exact) mass is 337 g/mol. The molecule has 2 unspecified atom stereocenters. The van der Waals surface area contributed by atoms with Crippen molar-refractivity contribution in [2.24, 2.45) is 11.7 Å². The van der Waals surface area contributed by atoms with Crippen LogP contribution in [0.2, 0.25) is 0 Å². The van der Waals surface area contributed by atoms with E-state index in [1.807, 2.05) is 48.2 Å². The quantitative estimate of drug-likeness (QED) is 0.912. The lowest BCUT2D eigenvalue weighted by Crippen LogP contribution is -2.50. The second-order valence-corrected chi connectivity index (χ2v) is 6.81. The van der Waals surface area contributed by atoms with E-state index in [9.17, 15) is 4.79 Å². The summed E-state index contributed by atoms with van der Waals surface area (Å²) in [4.78, 5) is 17.2. The van der Waals surface area contributed by atoms with Crippen LogP contribution in [0.25, 0.3) is 0 Å². The van der Waals surface area contributed by atoms with Gasteiger partial charge in [0.15, 0.2) is 0 Å². The molecule has 4 heteroatoms. The highest BCUT2D eigenvalue weighted by Gasteiger charge is 2.28. The fourth-order valence-corrected chi connectivity index (χ4v) is 3.37. The number of amides is 1. The smallest absolute Gasteiger partial charge is 0.227 e. The molecule has 3 rings (SSSR count). The largest absolute Gasteiger partial charge is 0.340 e. The Labute approximate surface area is 150 Å². The summed E-state index contributed by atoms with van der Waals surface area (Å²) < 4.78 is 0. The number of nitrogens with zero attached hydrogens (tertiary/aromatic N) is 2. The molecule has 1 fully saturated rings. The first-order valence-corrected chi connectivity index (χ1v) is 9.01. The molecule has 0 bridgehead atoms. The molecule has 1 amide bonds. The predicted octanol–water partition coefficient (Wildman–Crippen LogP) is 2.67. The van der Waals surface area contributed by atoms with E-state index in [4.69, 9.17) is 5.73 Å². The van der Waals surface area contributed by atoms with Crippen LogP contribution in [0.5, 0.6) is 0 Å². The average molecular weight is 337 g/mol. The van der Waals surface area contributed by atoms with Crippen LogP contribution in [0.3, 0.4) is 0 Å². The number of carbonyl (C=O) groups is 1. The number of rotatable bonds is 5. The summed E-state index contributed by atoms with van der Waals surface area (Å²) in [6, 6.07) is 20.1. The van der Waals surface area contributed by atoms with Gasteiger partial charge in [0.1, 0.15) is 0 Å². The first-order valence-electron chi connectivity index (χ1n) is 9.01. The fourth-order valence-electron chi connectivity index (χ4n) is 3.37. The SMILES string of the molecule is CC(C(=O)N1CCN(Cc2ccccc2)CC1)C(N)c1ccccc1. The van der Waals surface area contributed by atoms with Gasteiger partial charge in [-0.3, -0.25) is 9.69 Å². The molecule has 2 N–H and O–H groups in total. The average Bonchev–Trinajstić information content (AvgIpc) is 2.68. The Balaban J connectivity index is 1.52. The zero-order valence-electron chi connectivity index (χ0n) is 14.8.